The van der Waals surface area contributed by atoms with Gasteiger partial charge >= 0.3 is 0 Å². The molecule has 1 N–H and O–H groups in total. The molecular formula is C18H23N5O. The zero-order valence-electron chi connectivity index (χ0n) is 14.1. The van der Waals surface area contributed by atoms with Gasteiger partial charge in [0.2, 0.25) is 0 Å². The summed E-state index contributed by atoms with van der Waals surface area (Å²) < 4.78 is 1.95. The van der Waals surface area contributed by atoms with Crippen LogP contribution in [-0.2, 0) is 11.4 Å². The van der Waals surface area contributed by atoms with E-state index in [9.17, 15) is 0 Å². The van der Waals surface area contributed by atoms with Crippen LogP contribution in [0.25, 0.3) is 11.0 Å². The number of rotatable bonds is 4. The fraction of sp³-hybridized carbons (Fsp3) is 0.611. The number of nitrogens with zero attached hydrogens (tertiary/aromatic N) is 4. The van der Waals surface area contributed by atoms with Crippen LogP contribution >= 0.6 is 0 Å². The Balaban J connectivity index is 1.57. The van der Waals surface area contributed by atoms with Crippen LogP contribution in [0.15, 0.2) is 17.5 Å². The molecule has 6 heteroatoms. The molecular weight excluding hydrogens is 302 g/mol. The van der Waals surface area contributed by atoms with Crippen LogP contribution in [0, 0.1) is 0 Å². The maximum absolute atomic E-state index is 5.79. The predicted octanol–water partition coefficient (Wildman–Crippen LogP) is 3.46. The number of fused-ring (bicyclic) bond motifs is 1. The summed E-state index contributed by atoms with van der Waals surface area (Å²) in [5.41, 5.74) is 4.19. The molecule has 0 saturated heterocycles. The number of hydrogen-bond donors (Lipinski definition) is 1. The Morgan fingerprint density at radius 1 is 1.29 bits per heavy atom. The summed E-state index contributed by atoms with van der Waals surface area (Å²) in [6.45, 7) is 2.92. The first-order valence-corrected chi connectivity index (χ1v) is 9.14. The normalized spacial score (nSPS) is 22.1. The van der Waals surface area contributed by atoms with Crippen molar-refractivity contribution in [2.75, 3.05) is 5.32 Å². The lowest BCUT2D eigenvalue weighted by Gasteiger charge is -2.34. The fourth-order valence-corrected chi connectivity index (χ4v) is 3.89. The van der Waals surface area contributed by atoms with E-state index in [-0.39, 0.29) is 5.60 Å². The van der Waals surface area contributed by atoms with Crippen molar-refractivity contribution in [3.63, 3.8) is 0 Å². The highest BCUT2D eigenvalue weighted by Crippen LogP contribution is 2.44. The molecule has 0 aromatic carbocycles. The van der Waals surface area contributed by atoms with Crippen molar-refractivity contribution in [3.05, 3.63) is 18.0 Å². The summed E-state index contributed by atoms with van der Waals surface area (Å²) in [5.74, 6) is 0. The molecule has 2 fully saturated rings. The third kappa shape index (κ3) is 2.05. The molecule has 2 saturated carbocycles. The third-order valence-corrected chi connectivity index (χ3v) is 5.83. The second kappa shape index (κ2) is 5.19. The average molecular weight is 325 g/mol. The first kappa shape index (κ1) is 14.3. The van der Waals surface area contributed by atoms with E-state index >= 15 is 0 Å². The summed E-state index contributed by atoms with van der Waals surface area (Å²) in [6, 6.07) is 0.555. The van der Waals surface area contributed by atoms with Crippen molar-refractivity contribution in [1.29, 1.82) is 0 Å². The SMILES string of the molecule is CCn1ncc2c(NC3CCC3)c(C3=NOC4(CCC4)C3)cnc21. The van der Waals surface area contributed by atoms with Crippen LogP contribution < -0.4 is 5.32 Å². The molecule has 2 aromatic rings. The third-order valence-electron chi connectivity index (χ3n) is 5.83. The Morgan fingerprint density at radius 2 is 2.17 bits per heavy atom. The standard InChI is InChI=1S/C18H23N5O/c1-2-23-17-14(11-20-23)16(21-12-5-3-6-12)13(10-19-17)15-9-18(24-22-15)7-4-8-18/h10-12H,2-9H2,1H3,(H,19,21). The lowest BCUT2D eigenvalue weighted by molar-refractivity contribution is -0.0755. The molecule has 0 amide bonds. The van der Waals surface area contributed by atoms with Gasteiger partial charge in [0.15, 0.2) is 5.65 Å². The van der Waals surface area contributed by atoms with Gasteiger partial charge in [-0.05, 0) is 45.4 Å². The molecule has 2 aliphatic carbocycles. The molecule has 24 heavy (non-hydrogen) atoms. The zero-order valence-corrected chi connectivity index (χ0v) is 14.1. The van der Waals surface area contributed by atoms with Crippen LogP contribution in [0.1, 0.15) is 57.4 Å². The molecule has 126 valence electrons. The molecule has 5 rings (SSSR count). The number of hydrogen-bond acceptors (Lipinski definition) is 5. The van der Waals surface area contributed by atoms with Crippen molar-refractivity contribution in [2.45, 2.75) is 70.1 Å². The highest BCUT2D eigenvalue weighted by Gasteiger charge is 2.45. The summed E-state index contributed by atoms with van der Waals surface area (Å²) in [6.07, 6.45) is 12.1. The molecule has 0 unspecified atom stereocenters. The van der Waals surface area contributed by atoms with Gasteiger partial charge < -0.3 is 10.2 Å². The van der Waals surface area contributed by atoms with Gasteiger partial charge in [-0.25, -0.2) is 9.67 Å². The van der Waals surface area contributed by atoms with Gasteiger partial charge in [0.25, 0.3) is 0 Å². The summed E-state index contributed by atoms with van der Waals surface area (Å²) in [5, 5.41) is 13.8. The van der Waals surface area contributed by atoms with Gasteiger partial charge in [-0.15, -0.1) is 0 Å². The van der Waals surface area contributed by atoms with E-state index in [1.807, 2.05) is 17.1 Å². The lowest BCUT2D eigenvalue weighted by atomic mass is 9.76. The van der Waals surface area contributed by atoms with E-state index in [1.54, 1.807) is 0 Å². The minimum absolute atomic E-state index is 0.0222. The number of pyridine rings is 1. The summed E-state index contributed by atoms with van der Waals surface area (Å²) in [7, 11) is 0. The predicted molar refractivity (Wildman–Crippen MR) is 93.3 cm³/mol. The molecule has 0 bridgehead atoms. The van der Waals surface area contributed by atoms with Crippen LogP contribution in [0.2, 0.25) is 0 Å². The Labute approximate surface area is 141 Å². The number of anilines is 1. The maximum Gasteiger partial charge on any atom is 0.159 e. The highest BCUT2D eigenvalue weighted by molar-refractivity contribution is 6.10. The van der Waals surface area contributed by atoms with Crippen molar-refractivity contribution in [1.82, 2.24) is 14.8 Å². The molecule has 1 aliphatic heterocycles. The number of nitrogens with one attached hydrogen (secondary N) is 1. The van der Waals surface area contributed by atoms with Crippen molar-refractivity contribution >= 4 is 22.4 Å². The average Bonchev–Trinajstić information content (AvgIpc) is 3.14. The van der Waals surface area contributed by atoms with Crippen molar-refractivity contribution in [2.24, 2.45) is 5.16 Å². The Morgan fingerprint density at radius 3 is 2.79 bits per heavy atom. The van der Waals surface area contributed by atoms with E-state index in [1.165, 1.54) is 25.7 Å². The van der Waals surface area contributed by atoms with Gasteiger partial charge in [0.1, 0.15) is 5.60 Å². The number of oxime groups is 1. The quantitative estimate of drug-likeness (QED) is 0.935. The zero-order chi connectivity index (χ0) is 16.1. The van der Waals surface area contributed by atoms with Crippen molar-refractivity contribution < 1.29 is 4.84 Å². The Hall–Kier alpha value is -2.11. The first-order valence-electron chi connectivity index (χ1n) is 9.14. The van der Waals surface area contributed by atoms with E-state index < -0.39 is 0 Å². The molecule has 0 atom stereocenters. The molecule has 0 radical (unpaired) electrons. The largest absolute Gasteiger partial charge is 0.389 e. The Bertz CT molecular complexity index is 816. The van der Waals surface area contributed by atoms with E-state index in [2.05, 4.69) is 27.5 Å². The van der Waals surface area contributed by atoms with Crippen LogP contribution in [-0.4, -0.2) is 32.1 Å². The van der Waals surface area contributed by atoms with Gasteiger partial charge in [-0.3, -0.25) is 0 Å². The molecule has 6 nitrogen and oxygen atoms in total. The second-order valence-corrected chi connectivity index (χ2v) is 7.36. The van der Waals surface area contributed by atoms with E-state index in [0.29, 0.717) is 6.04 Å². The minimum atomic E-state index is -0.0222. The smallest absolute Gasteiger partial charge is 0.159 e. The van der Waals surface area contributed by atoms with Gasteiger partial charge in [-0.2, -0.15) is 5.10 Å². The summed E-state index contributed by atoms with van der Waals surface area (Å²) >= 11 is 0. The topological polar surface area (TPSA) is 64.3 Å². The van der Waals surface area contributed by atoms with Gasteiger partial charge in [-0.1, -0.05) is 5.16 Å². The first-order chi connectivity index (χ1) is 11.8. The number of aryl methyl sites for hydroxylation is 1. The molecule has 1 spiro atoms. The van der Waals surface area contributed by atoms with E-state index in [0.717, 1.165) is 53.8 Å². The fourth-order valence-electron chi connectivity index (χ4n) is 3.89. The second-order valence-electron chi connectivity index (χ2n) is 7.36. The maximum atomic E-state index is 5.79. The molecule has 2 aromatic heterocycles. The minimum Gasteiger partial charge on any atom is -0.389 e. The number of aromatic nitrogens is 3. The van der Waals surface area contributed by atoms with Gasteiger partial charge in [0.05, 0.1) is 23.0 Å². The molecule has 3 heterocycles. The monoisotopic (exact) mass is 325 g/mol. The summed E-state index contributed by atoms with van der Waals surface area (Å²) in [4.78, 5) is 10.5. The Kier molecular flexibility index (Phi) is 3.08. The van der Waals surface area contributed by atoms with Crippen LogP contribution in [0.3, 0.4) is 0 Å². The van der Waals surface area contributed by atoms with Crippen molar-refractivity contribution in [3.8, 4) is 0 Å². The molecule has 3 aliphatic rings. The van der Waals surface area contributed by atoms with E-state index in [4.69, 9.17) is 4.84 Å². The lowest BCUT2D eigenvalue weighted by Crippen LogP contribution is -2.37. The van der Waals surface area contributed by atoms with Crippen LogP contribution in [0.5, 0.6) is 0 Å². The highest BCUT2D eigenvalue weighted by atomic mass is 16.7. The van der Waals surface area contributed by atoms with Gasteiger partial charge in [0, 0.05) is 30.8 Å². The van der Waals surface area contributed by atoms with Crippen LogP contribution in [0.4, 0.5) is 5.69 Å².